The quantitative estimate of drug-likeness (QED) is 0.858. The third-order valence-electron chi connectivity index (χ3n) is 3.84. The van der Waals surface area contributed by atoms with Gasteiger partial charge in [-0.15, -0.1) is 0 Å². The standard InChI is InChI=1S/C15H17F3N2O/c1-21-14-8-11(2-3-12(14)9-19)10-20-6-4-13(5-7-20)15(16,17)18/h2-3,8,13H,4-7,10H2,1H3. The molecule has 0 N–H and O–H groups in total. The van der Waals surface area contributed by atoms with Crippen molar-refractivity contribution in [2.24, 2.45) is 5.92 Å². The number of benzene rings is 1. The van der Waals surface area contributed by atoms with Crippen LogP contribution in [-0.4, -0.2) is 31.3 Å². The molecule has 114 valence electrons. The third-order valence-corrected chi connectivity index (χ3v) is 3.84. The normalized spacial score (nSPS) is 17.5. The van der Waals surface area contributed by atoms with Crippen LogP contribution in [0.5, 0.6) is 5.75 Å². The second-order valence-corrected chi connectivity index (χ2v) is 5.24. The molecule has 0 saturated carbocycles. The molecule has 1 aromatic carbocycles. The van der Waals surface area contributed by atoms with Crippen molar-refractivity contribution < 1.29 is 17.9 Å². The largest absolute Gasteiger partial charge is 0.495 e. The van der Waals surface area contributed by atoms with Crippen molar-refractivity contribution in [2.45, 2.75) is 25.6 Å². The number of rotatable bonds is 3. The van der Waals surface area contributed by atoms with Crippen LogP contribution in [0.15, 0.2) is 18.2 Å². The van der Waals surface area contributed by atoms with Gasteiger partial charge >= 0.3 is 6.18 Å². The van der Waals surface area contributed by atoms with E-state index >= 15 is 0 Å². The highest BCUT2D eigenvalue weighted by Crippen LogP contribution is 2.34. The first-order valence-electron chi connectivity index (χ1n) is 6.80. The number of hydrogen-bond acceptors (Lipinski definition) is 3. The molecule has 6 heteroatoms. The summed E-state index contributed by atoms with van der Waals surface area (Å²) in [6.45, 7) is 1.45. The number of hydrogen-bond donors (Lipinski definition) is 0. The van der Waals surface area contributed by atoms with E-state index in [-0.39, 0.29) is 12.8 Å². The Bertz CT molecular complexity index is 529. The van der Waals surface area contributed by atoms with Gasteiger partial charge in [0.2, 0.25) is 0 Å². The van der Waals surface area contributed by atoms with Gasteiger partial charge in [-0.2, -0.15) is 18.4 Å². The lowest BCUT2D eigenvalue weighted by Crippen LogP contribution is -2.38. The van der Waals surface area contributed by atoms with E-state index in [0.717, 1.165) is 5.56 Å². The van der Waals surface area contributed by atoms with Crippen LogP contribution >= 0.6 is 0 Å². The van der Waals surface area contributed by atoms with Crippen molar-refractivity contribution >= 4 is 0 Å². The van der Waals surface area contributed by atoms with Crippen molar-refractivity contribution in [3.05, 3.63) is 29.3 Å². The Morgan fingerprint density at radius 3 is 2.52 bits per heavy atom. The summed E-state index contributed by atoms with van der Waals surface area (Å²) in [6, 6.07) is 7.30. The number of nitriles is 1. The van der Waals surface area contributed by atoms with Crippen molar-refractivity contribution in [2.75, 3.05) is 20.2 Å². The second kappa shape index (κ2) is 6.35. The molecular formula is C15H17F3N2O. The van der Waals surface area contributed by atoms with Gasteiger partial charge in [-0.25, -0.2) is 0 Å². The molecule has 1 fully saturated rings. The lowest BCUT2D eigenvalue weighted by atomic mass is 9.96. The van der Waals surface area contributed by atoms with Crippen LogP contribution in [0.3, 0.4) is 0 Å². The molecular weight excluding hydrogens is 281 g/mol. The Kier molecular flexibility index (Phi) is 4.73. The molecule has 2 rings (SSSR count). The highest BCUT2D eigenvalue weighted by Gasteiger charge is 2.40. The SMILES string of the molecule is COc1cc(CN2CCC(C(F)(F)F)CC2)ccc1C#N. The maximum Gasteiger partial charge on any atom is 0.391 e. The topological polar surface area (TPSA) is 36.3 Å². The Morgan fingerprint density at radius 2 is 2.00 bits per heavy atom. The lowest BCUT2D eigenvalue weighted by molar-refractivity contribution is -0.185. The summed E-state index contributed by atoms with van der Waals surface area (Å²) in [7, 11) is 1.49. The number of nitrogens with zero attached hydrogens (tertiary/aromatic N) is 2. The average molecular weight is 298 g/mol. The molecule has 0 aromatic heterocycles. The average Bonchev–Trinajstić information content (AvgIpc) is 2.46. The summed E-state index contributed by atoms with van der Waals surface area (Å²) < 4.78 is 43.0. The first kappa shape index (κ1) is 15.6. The Morgan fingerprint density at radius 1 is 1.33 bits per heavy atom. The molecule has 0 unspecified atom stereocenters. The van der Waals surface area contributed by atoms with Crippen LogP contribution in [-0.2, 0) is 6.54 Å². The molecule has 0 bridgehead atoms. The molecule has 1 aliphatic rings. The predicted molar refractivity (Wildman–Crippen MR) is 71.8 cm³/mol. The number of methoxy groups -OCH3 is 1. The van der Waals surface area contributed by atoms with Gasteiger partial charge in [0.05, 0.1) is 18.6 Å². The molecule has 1 saturated heterocycles. The molecule has 1 aromatic rings. The van der Waals surface area contributed by atoms with Crippen LogP contribution in [0.2, 0.25) is 0 Å². The maximum absolute atomic E-state index is 12.6. The third kappa shape index (κ3) is 3.88. The van der Waals surface area contributed by atoms with E-state index in [0.29, 0.717) is 30.9 Å². The van der Waals surface area contributed by atoms with Gasteiger partial charge in [-0.05, 0) is 43.6 Å². The Balaban J connectivity index is 1.97. The number of halogens is 3. The van der Waals surface area contributed by atoms with E-state index in [4.69, 9.17) is 10.00 Å². The minimum Gasteiger partial charge on any atom is -0.495 e. The molecule has 21 heavy (non-hydrogen) atoms. The van der Waals surface area contributed by atoms with E-state index in [1.807, 2.05) is 17.0 Å². The molecule has 0 radical (unpaired) electrons. The Hall–Kier alpha value is -1.74. The minimum absolute atomic E-state index is 0.150. The highest BCUT2D eigenvalue weighted by atomic mass is 19.4. The zero-order valence-corrected chi connectivity index (χ0v) is 11.8. The molecule has 1 heterocycles. The van der Waals surface area contributed by atoms with E-state index in [2.05, 4.69) is 0 Å². The fourth-order valence-corrected chi connectivity index (χ4v) is 2.60. The first-order valence-corrected chi connectivity index (χ1v) is 6.80. The van der Waals surface area contributed by atoms with E-state index < -0.39 is 12.1 Å². The van der Waals surface area contributed by atoms with Gasteiger partial charge in [0, 0.05) is 6.54 Å². The Labute approximate surface area is 121 Å². The predicted octanol–water partition coefficient (Wildman–Crippen LogP) is 3.34. The molecule has 0 atom stereocenters. The molecule has 3 nitrogen and oxygen atoms in total. The summed E-state index contributed by atoms with van der Waals surface area (Å²) in [5.74, 6) is -0.676. The zero-order chi connectivity index (χ0) is 15.5. The highest BCUT2D eigenvalue weighted by molar-refractivity contribution is 5.45. The number of likely N-dealkylation sites (tertiary alicyclic amines) is 1. The second-order valence-electron chi connectivity index (χ2n) is 5.24. The van der Waals surface area contributed by atoms with Crippen molar-refractivity contribution in [1.29, 1.82) is 5.26 Å². The van der Waals surface area contributed by atoms with Gasteiger partial charge in [-0.3, -0.25) is 4.90 Å². The van der Waals surface area contributed by atoms with Crippen LogP contribution < -0.4 is 4.74 Å². The van der Waals surface area contributed by atoms with E-state index in [1.165, 1.54) is 7.11 Å². The summed E-state index contributed by atoms with van der Waals surface area (Å²) in [5, 5.41) is 8.92. The van der Waals surface area contributed by atoms with Gasteiger partial charge in [0.1, 0.15) is 11.8 Å². The number of piperidine rings is 1. The fourth-order valence-electron chi connectivity index (χ4n) is 2.60. The van der Waals surface area contributed by atoms with Gasteiger partial charge in [-0.1, -0.05) is 6.07 Å². The number of alkyl halides is 3. The number of ether oxygens (including phenoxy) is 1. The monoisotopic (exact) mass is 298 g/mol. The van der Waals surface area contributed by atoms with Crippen molar-refractivity contribution in [3.63, 3.8) is 0 Å². The summed E-state index contributed by atoms with van der Waals surface area (Å²) in [4.78, 5) is 2.00. The van der Waals surface area contributed by atoms with Crippen LogP contribution in [0, 0.1) is 17.2 Å². The van der Waals surface area contributed by atoms with Crippen molar-refractivity contribution in [1.82, 2.24) is 4.90 Å². The summed E-state index contributed by atoms with van der Waals surface area (Å²) in [5.41, 5.74) is 1.40. The van der Waals surface area contributed by atoms with Gasteiger partial charge < -0.3 is 4.74 Å². The molecule has 1 aliphatic heterocycles. The summed E-state index contributed by atoms with van der Waals surface area (Å²) in [6.07, 6.45) is -3.78. The van der Waals surface area contributed by atoms with Crippen molar-refractivity contribution in [3.8, 4) is 11.8 Å². The smallest absolute Gasteiger partial charge is 0.391 e. The zero-order valence-electron chi connectivity index (χ0n) is 11.8. The van der Waals surface area contributed by atoms with Crippen LogP contribution in [0.1, 0.15) is 24.0 Å². The van der Waals surface area contributed by atoms with Crippen LogP contribution in [0.25, 0.3) is 0 Å². The molecule has 0 amide bonds. The van der Waals surface area contributed by atoms with Crippen LogP contribution in [0.4, 0.5) is 13.2 Å². The fraction of sp³-hybridized carbons (Fsp3) is 0.533. The maximum atomic E-state index is 12.6. The lowest BCUT2D eigenvalue weighted by Gasteiger charge is -2.32. The molecule has 0 aliphatic carbocycles. The first-order chi connectivity index (χ1) is 9.94. The van der Waals surface area contributed by atoms with Gasteiger partial charge in [0.25, 0.3) is 0 Å². The molecule has 0 spiro atoms. The summed E-state index contributed by atoms with van der Waals surface area (Å²) >= 11 is 0. The van der Waals surface area contributed by atoms with E-state index in [1.54, 1.807) is 12.1 Å². The minimum atomic E-state index is -4.08. The van der Waals surface area contributed by atoms with E-state index in [9.17, 15) is 13.2 Å². The van der Waals surface area contributed by atoms with Gasteiger partial charge in [0.15, 0.2) is 0 Å².